The number of aromatic nitrogens is 1. The number of carbonyl (C=O) groups excluding carboxylic acids is 3. The molecule has 0 unspecified atom stereocenters. The summed E-state index contributed by atoms with van der Waals surface area (Å²) in [5.74, 6) is -0.659. The van der Waals surface area contributed by atoms with Crippen molar-refractivity contribution in [3.8, 4) is 0 Å². The Hall–Kier alpha value is -3.36. The SMILES string of the molecule is O=C(CN1C(=O)S/C(=C/c2cn(Cc3ccccc3)c3ccccc23)C1=O)N1CCOCC1. The van der Waals surface area contributed by atoms with E-state index in [1.54, 1.807) is 11.0 Å². The van der Waals surface area contributed by atoms with Crippen LogP contribution in [0, 0.1) is 0 Å². The molecule has 2 aromatic carbocycles. The minimum Gasteiger partial charge on any atom is -0.378 e. The van der Waals surface area contributed by atoms with Crippen LogP contribution in [0.3, 0.4) is 0 Å². The average molecular weight is 462 g/mol. The standard InChI is InChI=1S/C25H23N3O4S/c29-23(26-10-12-32-13-11-26)17-28-24(30)22(33-25(28)31)14-19-16-27(15-18-6-2-1-3-7-18)21-9-5-4-8-20(19)21/h1-9,14,16H,10-13,15,17H2/b22-14+. The fraction of sp³-hybridized carbons (Fsp3) is 0.240. The van der Waals surface area contributed by atoms with Gasteiger partial charge in [-0.05, 0) is 29.5 Å². The molecule has 0 aliphatic carbocycles. The number of nitrogens with zero attached hydrogens (tertiary/aromatic N) is 3. The van der Waals surface area contributed by atoms with Crippen molar-refractivity contribution >= 4 is 45.8 Å². The molecule has 3 amide bonds. The van der Waals surface area contributed by atoms with E-state index >= 15 is 0 Å². The van der Waals surface area contributed by atoms with E-state index < -0.39 is 11.1 Å². The highest BCUT2D eigenvalue weighted by Gasteiger charge is 2.37. The molecule has 2 aliphatic heterocycles. The largest absolute Gasteiger partial charge is 0.378 e. The molecule has 3 aromatic rings. The molecule has 0 radical (unpaired) electrons. The molecule has 0 N–H and O–H groups in total. The first kappa shape index (κ1) is 21.5. The number of morpholine rings is 1. The lowest BCUT2D eigenvalue weighted by molar-refractivity contribution is -0.139. The van der Waals surface area contributed by atoms with Gasteiger partial charge < -0.3 is 14.2 Å². The van der Waals surface area contributed by atoms with E-state index in [1.807, 2.05) is 48.7 Å². The Morgan fingerprint density at radius 1 is 1.00 bits per heavy atom. The maximum Gasteiger partial charge on any atom is 0.294 e. The second-order valence-corrected chi connectivity index (χ2v) is 8.97. The second kappa shape index (κ2) is 9.25. The van der Waals surface area contributed by atoms with E-state index in [1.165, 1.54) is 5.56 Å². The van der Waals surface area contributed by atoms with Gasteiger partial charge in [-0.2, -0.15) is 0 Å². The Labute approximate surface area is 195 Å². The molecule has 5 rings (SSSR count). The third kappa shape index (κ3) is 4.44. The number of thioether (sulfide) groups is 1. The van der Waals surface area contributed by atoms with Crippen LogP contribution >= 0.6 is 11.8 Å². The van der Waals surface area contributed by atoms with Crippen molar-refractivity contribution < 1.29 is 19.1 Å². The summed E-state index contributed by atoms with van der Waals surface area (Å²) < 4.78 is 7.41. The van der Waals surface area contributed by atoms with Crippen molar-refractivity contribution in [2.24, 2.45) is 0 Å². The molecule has 8 heteroatoms. The molecule has 0 bridgehead atoms. The van der Waals surface area contributed by atoms with E-state index in [4.69, 9.17) is 4.74 Å². The van der Waals surface area contributed by atoms with Gasteiger partial charge in [0.1, 0.15) is 6.54 Å². The lowest BCUT2D eigenvalue weighted by Crippen LogP contribution is -2.46. The lowest BCUT2D eigenvalue weighted by Gasteiger charge is -2.28. The first-order valence-corrected chi connectivity index (χ1v) is 11.6. The topological polar surface area (TPSA) is 71.9 Å². The normalized spacial score (nSPS) is 18.0. The molecule has 0 saturated carbocycles. The molecule has 2 fully saturated rings. The minimum atomic E-state index is -0.425. The van der Waals surface area contributed by atoms with Crippen LogP contribution in [0.15, 0.2) is 65.7 Å². The maximum absolute atomic E-state index is 13.0. The van der Waals surface area contributed by atoms with Gasteiger partial charge in [-0.15, -0.1) is 0 Å². The smallest absolute Gasteiger partial charge is 0.294 e. The molecule has 0 spiro atoms. The summed E-state index contributed by atoms with van der Waals surface area (Å²) in [7, 11) is 0. The fourth-order valence-corrected chi connectivity index (χ4v) is 4.96. The predicted octanol–water partition coefficient (Wildman–Crippen LogP) is 3.58. The monoisotopic (exact) mass is 461 g/mol. The van der Waals surface area contributed by atoms with Gasteiger partial charge in [0.25, 0.3) is 11.1 Å². The highest BCUT2D eigenvalue weighted by Crippen LogP contribution is 2.34. The Bertz CT molecular complexity index is 1250. The molecule has 2 aliphatic rings. The Balaban J connectivity index is 1.40. The number of hydrogen-bond acceptors (Lipinski definition) is 5. The Morgan fingerprint density at radius 2 is 1.73 bits per heavy atom. The zero-order valence-electron chi connectivity index (χ0n) is 18.0. The van der Waals surface area contributed by atoms with Gasteiger partial charge in [-0.1, -0.05) is 48.5 Å². The van der Waals surface area contributed by atoms with Crippen LogP contribution in [-0.2, 0) is 20.9 Å². The molecule has 0 atom stereocenters. The van der Waals surface area contributed by atoms with E-state index in [0.29, 0.717) is 37.8 Å². The van der Waals surface area contributed by atoms with Gasteiger partial charge in [0, 0.05) is 42.3 Å². The van der Waals surface area contributed by atoms with Crippen LogP contribution in [-0.4, -0.2) is 64.3 Å². The van der Waals surface area contributed by atoms with Crippen molar-refractivity contribution in [3.63, 3.8) is 0 Å². The van der Waals surface area contributed by atoms with Crippen LogP contribution < -0.4 is 0 Å². The summed E-state index contributed by atoms with van der Waals surface area (Å²) in [5, 5.41) is 0.588. The van der Waals surface area contributed by atoms with Gasteiger partial charge in [0.2, 0.25) is 5.91 Å². The van der Waals surface area contributed by atoms with Gasteiger partial charge in [0.05, 0.1) is 18.1 Å². The van der Waals surface area contributed by atoms with Crippen molar-refractivity contribution in [2.45, 2.75) is 6.54 Å². The molecule has 2 saturated heterocycles. The summed E-state index contributed by atoms with van der Waals surface area (Å²) in [4.78, 5) is 41.1. The zero-order chi connectivity index (χ0) is 22.8. The van der Waals surface area contributed by atoms with Gasteiger partial charge >= 0.3 is 0 Å². The highest BCUT2D eigenvalue weighted by atomic mass is 32.2. The summed E-state index contributed by atoms with van der Waals surface area (Å²) in [6, 6.07) is 18.2. The summed E-state index contributed by atoms with van der Waals surface area (Å²) in [5.41, 5.74) is 3.09. The third-order valence-corrected chi connectivity index (χ3v) is 6.74. The molecule has 33 heavy (non-hydrogen) atoms. The molecule has 7 nitrogen and oxygen atoms in total. The van der Waals surface area contributed by atoms with Gasteiger partial charge in [0.15, 0.2) is 0 Å². The van der Waals surface area contributed by atoms with Crippen molar-refractivity contribution in [1.82, 2.24) is 14.4 Å². The van der Waals surface area contributed by atoms with E-state index in [-0.39, 0.29) is 12.5 Å². The second-order valence-electron chi connectivity index (χ2n) is 7.98. The number of rotatable bonds is 5. The molecule has 1 aromatic heterocycles. The van der Waals surface area contributed by atoms with E-state index in [9.17, 15) is 14.4 Å². The van der Waals surface area contributed by atoms with Crippen LogP contribution in [0.1, 0.15) is 11.1 Å². The fourth-order valence-electron chi connectivity index (χ4n) is 4.13. The minimum absolute atomic E-state index is 0.235. The molecule has 3 heterocycles. The summed E-state index contributed by atoms with van der Waals surface area (Å²) in [6.45, 7) is 2.36. The van der Waals surface area contributed by atoms with E-state index in [2.05, 4.69) is 16.7 Å². The van der Waals surface area contributed by atoms with Crippen LogP contribution in [0.4, 0.5) is 4.79 Å². The van der Waals surface area contributed by atoms with Crippen LogP contribution in [0.2, 0.25) is 0 Å². The first-order valence-electron chi connectivity index (χ1n) is 10.8. The average Bonchev–Trinajstić information content (AvgIpc) is 3.32. The summed E-state index contributed by atoms with van der Waals surface area (Å²) >= 11 is 0.881. The molecular formula is C25H23N3O4S. The zero-order valence-corrected chi connectivity index (χ0v) is 18.8. The van der Waals surface area contributed by atoms with Crippen molar-refractivity contribution in [3.05, 3.63) is 76.8 Å². The third-order valence-electron chi connectivity index (χ3n) is 5.83. The highest BCUT2D eigenvalue weighted by molar-refractivity contribution is 8.18. The lowest BCUT2D eigenvalue weighted by atomic mass is 10.1. The number of hydrogen-bond donors (Lipinski definition) is 0. The number of ether oxygens (including phenoxy) is 1. The predicted molar refractivity (Wildman–Crippen MR) is 128 cm³/mol. The van der Waals surface area contributed by atoms with Gasteiger partial charge in [-0.3, -0.25) is 19.3 Å². The molecular weight excluding hydrogens is 438 g/mol. The quantitative estimate of drug-likeness (QED) is 0.543. The first-order chi connectivity index (χ1) is 16.1. The van der Waals surface area contributed by atoms with Crippen LogP contribution in [0.25, 0.3) is 17.0 Å². The number of amides is 3. The Morgan fingerprint density at radius 3 is 2.52 bits per heavy atom. The van der Waals surface area contributed by atoms with Gasteiger partial charge in [-0.25, -0.2) is 0 Å². The maximum atomic E-state index is 13.0. The van der Waals surface area contributed by atoms with E-state index in [0.717, 1.165) is 33.1 Å². The number of carbonyl (C=O) groups is 3. The van der Waals surface area contributed by atoms with Crippen molar-refractivity contribution in [1.29, 1.82) is 0 Å². The number of benzene rings is 2. The van der Waals surface area contributed by atoms with Crippen LogP contribution in [0.5, 0.6) is 0 Å². The molecule has 168 valence electrons. The number of imide groups is 1. The number of para-hydroxylation sites is 1. The Kier molecular flexibility index (Phi) is 6.02. The summed E-state index contributed by atoms with van der Waals surface area (Å²) in [6.07, 6.45) is 3.76. The number of fused-ring (bicyclic) bond motifs is 1. The van der Waals surface area contributed by atoms with Crippen molar-refractivity contribution in [2.75, 3.05) is 32.8 Å².